The van der Waals surface area contributed by atoms with Gasteiger partial charge in [-0.25, -0.2) is 0 Å². The van der Waals surface area contributed by atoms with Gasteiger partial charge in [-0.3, -0.25) is 4.90 Å². The minimum atomic E-state index is -4.86. The van der Waals surface area contributed by atoms with Gasteiger partial charge in [0.15, 0.2) is 0 Å². The zero-order valence-corrected chi connectivity index (χ0v) is 18.9. The lowest BCUT2D eigenvalue weighted by molar-refractivity contribution is -0.143. The quantitative estimate of drug-likeness (QED) is 0.342. The number of alkyl halides is 6. The molecule has 0 amide bonds. The lowest BCUT2D eigenvalue weighted by Crippen LogP contribution is -2.47. The van der Waals surface area contributed by atoms with Crippen molar-refractivity contribution in [1.29, 1.82) is 0 Å². The van der Waals surface area contributed by atoms with Crippen molar-refractivity contribution in [3.8, 4) is 0 Å². The van der Waals surface area contributed by atoms with Crippen LogP contribution in [0.1, 0.15) is 28.3 Å². The number of rotatable bonds is 6. The molecule has 185 valence electrons. The van der Waals surface area contributed by atoms with Crippen LogP contribution in [0.15, 0.2) is 78.9 Å². The van der Waals surface area contributed by atoms with E-state index in [1.165, 1.54) is 0 Å². The Morgan fingerprint density at radius 2 is 1.20 bits per heavy atom. The standard InChI is InChI=1S/C27H25F6N2/c28-26(29,30)22-17-20(18-23(19-22)27(31,32)33)11-12-25(21-7-3-1-4-8-21)35-15-13-34(14-16-35)24-9-5-2-6-10-24/h1-10,12,17-19,25H,11,13-16H2. The van der Waals surface area contributed by atoms with Crippen molar-refractivity contribution in [2.24, 2.45) is 0 Å². The van der Waals surface area contributed by atoms with Crippen LogP contribution in [0.4, 0.5) is 32.0 Å². The van der Waals surface area contributed by atoms with Crippen LogP contribution in [0.3, 0.4) is 0 Å². The van der Waals surface area contributed by atoms with E-state index in [4.69, 9.17) is 0 Å². The first-order valence-electron chi connectivity index (χ1n) is 11.3. The molecule has 1 unspecified atom stereocenters. The van der Waals surface area contributed by atoms with E-state index in [-0.39, 0.29) is 24.1 Å². The summed E-state index contributed by atoms with van der Waals surface area (Å²) in [6, 6.07) is 21.0. The number of halogens is 6. The molecule has 0 bridgehead atoms. The number of para-hydroxylation sites is 1. The SMILES string of the molecule is FC(F)(F)c1cc(C[CH]C(c2ccccc2)N2CCN(c3ccccc3)CC2)cc(C(F)(F)F)c1. The molecule has 1 aliphatic rings. The largest absolute Gasteiger partial charge is 0.416 e. The Hall–Kier alpha value is -3.00. The highest BCUT2D eigenvalue weighted by Crippen LogP contribution is 2.37. The monoisotopic (exact) mass is 491 g/mol. The minimum absolute atomic E-state index is 0.0176. The van der Waals surface area contributed by atoms with Gasteiger partial charge in [0.25, 0.3) is 0 Å². The summed E-state index contributed by atoms with van der Waals surface area (Å²) in [5.74, 6) is 0. The Morgan fingerprint density at radius 3 is 1.71 bits per heavy atom. The molecular weight excluding hydrogens is 466 g/mol. The number of benzene rings is 3. The van der Waals surface area contributed by atoms with Crippen molar-refractivity contribution < 1.29 is 26.3 Å². The summed E-state index contributed by atoms with van der Waals surface area (Å²) in [5, 5.41) is 0. The number of hydrogen-bond acceptors (Lipinski definition) is 2. The average molecular weight is 491 g/mol. The molecular formula is C27H25F6N2. The van der Waals surface area contributed by atoms with Crippen molar-refractivity contribution in [2.75, 3.05) is 31.1 Å². The summed E-state index contributed by atoms with van der Waals surface area (Å²) >= 11 is 0. The van der Waals surface area contributed by atoms with Gasteiger partial charge >= 0.3 is 12.4 Å². The molecule has 1 radical (unpaired) electrons. The summed E-state index contributed by atoms with van der Waals surface area (Å²) in [4.78, 5) is 4.48. The predicted molar refractivity (Wildman–Crippen MR) is 124 cm³/mol. The van der Waals surface area contributed by atoms with E-state index in [9.17, 15) is 26.3 Å². The molecule has 4 rings (SSSR count). The van der Waals surface area contributed by atoms with Crippen LogP contribution in [0.5, 0.6) is 0 Å². The zero-order valence-electron chi connectivity index (χ0n) is 18.9. The highest BCUT2D eigenvalue weighted by atomic mass is 19.4. The van der Waals surface area contributed by atoms with Crippen LogP contribution in [-0.2, 0) is 18.8 Å². The molecule has 3 aromatic carbocycles. The molecule has 0 saturated carbocycles. The molecule has 1 aliphatic heterocycles. The van der Waals surface area contributed by atoms with E-state index in [1.807, 2.05) is 67.1 Å². The molecule has 35 heavy (non-hydrogen) atoms. The van der Waals surface area contributed by atoms with Crippen molar-refractivity contribution >= 4 is 5.69 Å². The predicted octanol–water partition coefficient (Wildman–Crippen LogP) is 7.03. The van der Waals surface area contributed by atoms with Gasteiger partial charge in [0.2, 0.25) is 0 Å². The Morgan fingerprint density at radius 1 is 0.686 bits per heavy atom. The van der Waals surface area contributed by atoms with Gasteiger partial charge < -0.3 is 4.90 Å². The molecule has 0 N–H and O–H groups in total. The number of piperazine rings is 1. The van der Waals surface area contributed by atoms with Crippen LogP contribution < -0.4 is 4.90 Å². The fourth-order valence-corrected chi connectivity index (χ4v) is 4.43. The number of nitrogens with zero attached hydrogens (tertiary/aromatic N) is 2. The summed E-state index contributed by atoms with van der Waals surface area (Å²) in [6.07, 6.45) is -7.93. The van der Waals surface area contributed by atoms with Crippen LogP contribution in [0.25, 0.3) is 0 Å². The van der Waals surface area contributed by atoms with Gasteiger partial charge in [0.05, 0.1) is 11.1 Å². The van der Waals surface area contributed by atoms with E-state index in [1.54, 1.807) is 0 Å². The third kappa shape index (κ3) is 6.36. The molecule has 2 nitrogen and oxygen atoms in total. The Bertz CT molecular complexity index is 1060. The maximum absolute atomic E-state index is 13.3. The molecule has 1 fully saturated rings. The molecule has 1 heterocycles. The lowest BCUT2D eigenvalue weighted by atomic mass is 9.95. The molecule has 0 aliphatic carbocycles. The molecule has 1 atom stereocenters. The number of hydrogen-bond donors (Lipinski definition) is 0. The normalized spacial score (nSPS) is 16.3. The summed E-state index contributed by atoms with van der Waals surface area (Å²) < 4.78 is 79.7. The second-order valence-corrected chi connectivity index (χ2v) is 8.57. The fourth-order valence-electron chi connectivity index (χ4n) is 4.43. The summed E-state index contributed by atoms with van der Waals surface area (Å²) in [5.41, 5.74) is -0.525. The Labute approximate surface area is 200 Å². The molecule has 0 spiro atoms. The average Bonchev–Trinajstić information content (AvgIpc) is 2.84. The van der Waals surface area contributed by atoms with Gasteiger partial charge in [-0.15, -0.1) is 0 Å². The van der Waals surface area contributed by atoms with Crippen LogP contribution >= 0.6 is 0 Å². The second kappa shape index (κ2) is 10.3. The zero-order chi connectivity index (χ0) is 25.1. The van der Waals surface area contributed by atoms with Crippen LogP contribution in [0.2, 0.25) is 0 Å². The van der Waals surface area contributed by atoms with Crippen LogP contribution in [-0.4, -0.2) is 31.1 Å². The lowest BCUT2D eigenvalue weighted by Gasteiger charge is -2.40. The Kier molecular flexibility index (Phi) is 7.40. The van der Waals surface area contributed by atoms with E-state index < -0.39 is 23.5 Å². The van der Waals surface area contributed by atoms with Crippen molar-refractivity contribution in [3.05, 3.63) is 108 Å². The third-order valence-corrected chi connectivity index (χ3v) is 6.19. The highest BCUT2D eigenvalue weighted by molar-refractivity contribution is 5.46. The van der Waals surface area contributed by atoms with Crippen LogP contribution in [0, 0.1) is 6.42 Å². The molecule has 3 aromatic rings. The van der Waals surface area contributed by atoms with E-state index >= 15 is 0 Å². The minimum Gasteiger partial charge on any atom is -0.369 e. The maximum atomic E-state index is 13.3. The number of anilines is 1. The van der Waals surface area contributed by atoms with Gasteiger partial charge in [0, 0.05) is 37.9 Å². The second-order valence-electron chi connectivity index (χ2n) is 8.57. The van der Waals surface area contributed by atoms with E-state index in [2.05, 4.69) is 9.80 Å². The first-order chi connectivity index (χ1) is 16.6. The van der Waals surface area contributed by atoms with Gasteiger partial charge in [-0.2, -0.15) is 26.3 Å². The van der Waals surface area contributed by atoms with Crippen molar-refractivity contribution in [3.63, 3.8) is 0 Å². The fraction of sp³-hybridized carbons (Fsp3) is 0.296. The first-order valence-corrected chi connectivity index (χ1v) is 11.3. The van der Waals surface area contributed by atoms with Gasteiger partial charge in [0.1, 0.15) is 0 Å². The Balaban J connectivity index is 1.54. The summed E-state index contributed by atoms with van der Waals surface area (Å²) in [6.45, 7) is 2.95. The van der Waals surface area contributed by atoms with Gasteiger partial charge in [-0.05, 0) is 54.3 Å². The smallest absolute Gasteiger partial charge is 0.369 e. The highest BCUT2D eigenvalue weighted by Gasteiger charge is 2.37. The topological polar surface area (TPSA) is 6.48 Å². The van der Waals surface area contributed by atoms with E-state index in [0.717, 1.165) is 36.5 Å². The maximum Gasteiger partial charge on any atom is 0.416 e. The molecule has 1 saturated heterocycles. The van der Waals surface area contributed by atoms with Crippen molar-refractivity contribution in [1.82, 2.24) is 4.90 Å². The first kappa shape index (κ1) is 25.1. The molecule has 8 heteroatoms. The third-order valence-electron chi connectivity index (χ3n) is 6.19. The van der Waals surface area contributed by atoms with E-state index in [0.29, 0.717) is 13.1 Å². The van der Waals surface area contributed by atoms with Crippen molar-refractivity contribution in [2.45, 2.75) is 24.8 Å². The van der Waals surface area contributed by atoms with Gasteiger partial charge in [-0.1, -0.05) is 48.5 Å². The summed E-state index contributed by atoms with van der Waals surface area (Å²) in [7, 11) is 0. The molecule has 0 aromatic heterocycles.